The average Bonchev–Trinajstić information content (AvgIpc) is 2.87. The number of hydrogen-bond acceptors (Lipinski definition) is 2. The summed E-state index contributed by atoms with van der Waals surface area (Å²) >= 11 is 0. The molecule has 1 aliphatic rings. The standard InChI is InChI=1S/C9H7NO.C4H8O/c11-9-6-5-7-3-1-2-4-8(7)10-9;1-2-4-5-3-1/h1-6H,(H,10,11);1-4H2. The molecule has 1 fully saturated rings. The Morgan fingerprint density at radius 1 is 1.00 bits per heavy atom. The van der Waals surface area contributed by atoms with Crippen LogP contribution in [0.15, 0.2) is 41.2 Å². The minimum Gasteiger partial charge on any atom is -0.381 e. The predicted molar refractivity (Wildman–Crippen MR) is 64.6 cm³/mol. The summed E-state index contributed by atoms with van der Waals surface area (Å²) in [6, 6.07) is 11.0. The molecule has 0 unspecified atom stereocenters. The van der Waals surface area contributed by atoms with Crippen molar-refractivity contribution in [3.05, 3.63) is 46.8 Å². The Bertz CT molecular complexity index is 493. The number of hydrogen-bond donors (Lipinski definition) is 1. The minimum atomic E-state index is -0.0521. The molecule has 1 aromatic heterocycles. The molecule has 0 aliphatic carbocycles. The van der Waals surface area contributed by atoms with Crippen LogP contribution in [0.2, 0.25) is 0 Å². The summed E-state index contributed by atoms with van der Waals surface area (Å²) in [7, 11) is 0. The summed E-state index contributed by atoms with van der Waals surface area (Å²) in [6.45, 7) is 2.00. The first-order valence-electron chi connectivity index (χ1n) is 5.52. The molecule has 1 N–H and O–H groups in total. The molecule has 3 nitrogen and oxygen atoms in total. The highest BCUT2D eigenvalue weighted by Crippen LogP contribution is 2.06. The molecular weight excluding hydrogens is 202 g/mol. The molecule has 3 rings (SSSR count). The maximum Gasteiger partial charge on any atom is 0.248 e. The molecule has 16 heavy (non-hydrogen) atoms. The molecular formula is C13H15NO2. The van der Waals surface area contributed by atoms with Crippen LogP contribution in [-0.2, 0) is 4.74 Å². The van der Waals surface area contributed by atoms with Gasteiger partial charge in [-0.05, 0) is 30.4 Å². The molecule has 0 saturated carbocycles. The highest BCUT2D eigenvalue weighted by Gasteiger charge is 1.94. The van der Waals surface area contributed by atoms with Crippen LogP contribution in [0.25, 0.3) is 10.9 Å². The molecule has 1 aliphatic heterocycles. The lowest BCUT2D eigenvalue weighted by Gasteiger charge is -1.93. The van der Waals surface area contributed by atoms with Crippen molar-refractivity contribution >= 4 is 10.9 Å². The molecule has 3 heteroatoms. The number of pyridine rings is 1. The molecule has 0 bridgehead atoms. The first-order chi connectivity index (χ1) is 7.86. The van der Waals surface area contributed by atoms with E-state index in [-0.39, 0.29) is 5.56 Å². The summed E-state index contributed by atoms with van der Waals surface area (Å²) in [6.07, 6.45) is 2.56. The second kappa shape index (κ2) is 5.47. The minimum absolute atomic E-state index is 0.0521. The van der Waals surface area contributed by atoms with Gasteiger partial charge in [-0.3, -0.25) is 4.79 Å². The normalized spacial score (nSPS) is 14.5. The van der Waals surface area contributed by atoms with Gasteiger partial charge in [0.2, 0.25) is 5.56 Å². The van der Waals surface area contributed by atoms with Gasteiger partial charge < -0.3 is 9.72 Å². The van der Waals surface area contributed by atoms with E-state index >= 15 is 0 Å². The van der Waals surface area contributed by atoms with Crippen molar-refractivity contribution < 1.29 is 4.74 Å². The smallest absolute Gasteiger partial charge is 0.248 e. The van der Waals surface area contributed by atoms with Gasteiger partial charge in [-0.1, -0.05) is 18.2 Å². The van der Waals surface area contributed by atoms with Gasteiger partial charge in [0.1, 0.15) is 0 Å². The summed E-state index contributed by atoms with van der Waals surface area (Å²) < 4.78 is 4.94. The molecule has 84 valence electrons. The van der Waals surface area contributed by atoms with Gasteiger partial charge in [-0.2, -0.15) is 0 Å². The van der Waals surface area contributed by atoms with E-state index in [0.717, 1.165) is 24.1 Å². The fourth-order valence-corrected chi connectivity index (χ4v) is 1.61. The van der Waals surface area contributed by atoms with Crippen molar-refractivity contribution in [1.29, 1.82) is 0 Å². The fraction of sp³-hybridized carbons (Fsp3) is 0.308. The zero-order valence-corrected chi connectivity index (χ0v) is 9.11. The van der Waals surface area contributed by atoms with Crippen molar-refractivity contribution in [1.82, 2.24) is 4.98 Å². The number of benzene rings is 1. The van der Waals surface area contributed by atoms with Crippen LogP contribution in [0.3, 0.4) is 0 Å². The molecule has 1 saturated heterocycles. The number of aromatic nitrogens is 1. The van der Waals surface area contributed by atoms with Crippen LogP contribution in [0.1, 0.15) is 12.8 Å². The second-order valence-electron chi connectivity index (χ2n) is 3.73. The Labute approximate surface area is 94.1 Å². The van der Waals surface area contributed by atoms with Crippen LogP contribution in [0.5, 0.6) is 0 Å². The fourth-order valence-electron chi connectivity index (χ4n) is 1.61. The summed E-state index contributed by atoms with van der Waals surface area (Å²) in [4.78, 5) is 13.6. The SMILES string of the molecule is C1CCOC1.O=c1ccc2ccccc2[nH]1. The number of aromatic amines is 1. The Morgan fingerprint density at radius 3 is 2.44 bits per heavy atom. The summed E-state index contributed by atoms with van der Waals surface area (Å²) in [5.41, 5.74) is 0.837. The molecule has 1 aromatic carbocycles. The van der Waals surface area contributed by atoms with Crippen LogP contribution >= 0.6 is 0 Å². The molecule has 2 aromatic rings. The topological polar surface area (TPSA) is 42.1 Å². The van der Waals surface area contributed by atoms with E-state index < -0.39 is 0 Å². The third-order valence-electron chi connectivity index (χ3n) is 2.46. The van der Waals surface area contributed by atoms with Crippen LogP contribution in [0.4, 0.5) is 0 Å². The Morgan fingerprint density at radius 2 is 1.75 bits per heavy atom. The van der Waals surface area contributed by atoms with Gasteiger partial charge in [-0.15, -0.1) is 0 Å². The van der Waals surface area contributed by atoms with Crippen molar-refractivity contribution in [2.75, 3.05) is 13.2 Å². The first kappa shape index (κ1) is 10.9. The zero-order chi connectivity index (χ0) is 11.2. The van der Waals surface area contributed by atoms with Crippen molar-refractivity contribution in [2.24, 2.45) is 0 Å². The van der Waals surface area contributed by atoms with Gasteiger partial charge in [0.15, 0.2) is 0 Å². The van der Waals surface area contributed by atoms with E-state index in [2.05, 4.69) is 4.98 Å². The van der Waals surface area contributed by atoms with Gasteiger partial charge in [-0.25, -0.2) is 0 Å². The predicted octanol–water partition coefficient (Wildman–Crippen LogP) is 2.32. The maximum atomic E-state index is 10.8. The number of H-pyrrole nitrogens is 1. The van der Waals surface area contributed by atoms with Crippen molar-refractivity contribution in [2.45, 2.75) is 12.8 Å². The number of rotatable bonds is 0. The number of nitrogens with one attached hydrogen (secondary N) is 1. The van der Waals surface area contributed by atoms with Gasteiger partial charge in [0.25, 0.3) is 0 Å². The van der Waals surface area contributed by atoms with E-state index in [1.165, 1.54) is 18.9 Å². The van der Waals surface area contributed by atoms with Crippen LogP contribution < -0.4 is 5.56 Å². The van der Waals surface area contributed by atoms with Crippen LogP contribution in [-0.4, -0.2) is 18.2 Å². The lowest BCUT2D eigenvalue weighted by Crippen LogP contribution is -2.01. The summed E-state index contributed by atoms with van der Waals surface area (Å²) in [5, 5.41) is 1.06. The van der Waals surface area contributed by atoms with Gasteiger partial charge >= 0.3 is 0 Å². The zero-order valence-electron chi connectivity index (χ0n) is 9.11. The Kier molecular flexibility index (Phi) is 3.72. The quantitative estimate of drug-likeness (QED) is 0.735. The highest BCUT2D eigenvalue weighted by atomic mass is 16.5. The van der Waals surface area contributed by atoms with E-state index in [1.54, 1.807) is 0 Å². The molecule has 0 atom stereocenters. The third-order valence-corrected chi connectivity index (χ3v) is 2.46. The van der Waals surface area contributed by atoms with Gasteiger partial charge in [0.05, 0.1) is 0 Å². The first-order valence-corrected chi connectivity index (χ1v) is 5.52. The van der Waals surface area contributed by atoms with E-state index in [0.29, 0.717) is 0 Å². The lowest BCUT2D eigenvalue weighted by atomic mass is 10.2. The summed E-state index contributed by atoms with van der Waals surface area (Å²) in [5.74, 6) is 0. The number of ether oxygens (including phenoxy) is 1. The molecule has 0 spiro atoms. The number of para-hydroxylation sites is 1. The molecule has 0 radical (unpaired) electrons. The average molecular weight is 217 g/mol. The second-order valence-corrected chi connectivity index (χ2v) is 3.73. The Hall–Kier alpha value is -1.61. The monoisotopic (exact) mass is 217 g/mol. The van der Waals surface area contributed by atoms with Crippen LogP contribution in [0, 0.1) is 0 Å². The number of fused-ring (bicyclic) bond motifs is 1. The molecule has 0 amide bonds. The highest BCUT2D eigenvalue weighted by molar-refractivity contribution is 5.77. The van der Waals surface area contributed by atoms with Gasteiger partial charge in [0, 0.05) is 24.8 Å². The van der Waals surface area contributed by atoms with E-state index in [1.807, 2.05) is 30.3 Å². The molecule has 2 heterocycles. The lowest BCUT2D eigenvalue weighted by molar-refractivity contribution is 0.198. The van der Waals surface area contributed by atoms with Crippen molar-refractivity contribution in [3.63, 3.8) is 0 Å². The largest absolute Gasteiger partial charge is 0.381 e. The van der Waals surface area contributed by atoms with E-state index in [9.17, 15) is 4.79 Å². The maximum absolute atomic E-state index is 10.8. The van der Waals surface area contributed by atoms with E-state index in [4.69, 9.17) is 4.74 Å². The van der Waals surface area contributed by atoms with Crippen molar-refractivity contribution in [3.8, 4) is 0 Å². The third kappa shape index (κ3) is 2.94. The Balaban J connectivity index is 0.000000162.